The largest absolute Gasteiger partial charge is 0.380 e. The van der Waals surface area contributed by atoms with Crippen LogP contribution in [0.25, 0.3) is 0 Å². The molecular weight excluding hydrogens is 236 g/mol. The third kappa shape index (κ3) is 2.51. The van der Waals surface area contributed by atoms with Crippen molar-refractivity contribution >= 4 is 11.6 Å². The Kier molecular flexibility index (Phi) is 3.82. The van der Waals surface area contributed by atoms with Crippen LogP contribution in [0.2, 0.25) is 5.02 Å². The maximum absolute atomic E-state index is 10.3. The van der Waals surface area contributed by atoms with Gasteiger partial charge < -0.3 is 10.1 Å². The smallest absolute Gasteiger partial charge is 0.139 e. The van der Waals surface area contributed by atoms with Gasteiger partial charge in [-0.2, -0.15) is 0 Å². The number of aromatic nitrogens is 2. The SMILES string of the molecule is CCCc1c(Cl)cccc1C(O)c1ncc[nH]1. The van der Waals surface area contributed by atoms with Crippen LogP contribution in [0, 0.1) is 0 Å². The zero-order valence-electron chi connectivity index (χ0n) is 9.65. The zero-order chi connectivity index (χ0) is 12.3. The summed E-state index contributed by atoms with van der Waals surface area (Å²) in [6.45, 7) is 2.09. The van der Waals surface area contributed by atoms with Crippen LogP contribution in [0.15, 0.2) is 30.6 Å². The molecule has 2 aromatic rings. The van der Waals surface area contributed by atoms with Gasteiger partial charge in [0.1, 0.15) is 11.9 Å². The van der Waals surface area contributed by atoms with Gasteiger partial charge in [-0.05, 0) is 23.6 Å². The molecule has 0 spiro atoms. The molecule has 0 aliphatic rings. The van der Waals surface area contributed by atoms with E-state index in [9.17, 15) is 5.11 Å². The number of H-pyrrole nitrogens is 1. The number of hydrogen-bond donors (Lipinski definition) is 2. The van der Waals surface area contributed by atoms with Gasteiger partial charge in [-0.3, -0.25) is 0 Å². The first-order chi connectivity index (χ1) is 8.24. The highest BCUT2D eigenvalue weighted by molar-refractivity contribution is 6.31. The third-order valence-electron chi connectivity index (χ3n) is 2.73. The molecule has 0 amide bonds. The molecule has 1 atom stereocenters. The molecule has 2 N–H and O–H groups in total. The maximum Gasteiger partial charge on any atom is 0.139 e. The second kappa shape index (κ2) is 5.34. The monoisotopic (exact) mass is 250 g/mol. The van der Waals surface area contributed by atoms with Gasteiger partial charge in [-0.15, -0.1) is 0 Å². The Morgan fingerprint density at radius 1 is 1.47 bits per heavy atom. The van der Waals surface area contributed by atoms with Crippen molar-refractivity contribution in [1.29, 1.82) is 0 Å². The Hall–Kier alpha value is -1.32. The van der Waals surface area contributed by atoms with Crippen molar-refractivity contribution in [3.63, 3.8) is 0 Å². The predicted octanol–water partition coefficient (Wildman–Crippen LogP) is 3.10. The van der Waals surface area contributed by atoms with Crippen LogP contribution < -0.4 is 0 Å². The van der Waals surface area contributed by atoms with E-state index in [-0.39, 0.29) is 0 Å². The van der Waals surface area contributed by atoms with E-state index >= 15 is 0 Å². The van der Waals surface area contributed by atoms with Gasteiger partial charge >= 0.3 is 0 Å². The quantitative estimate of drug-likeness (QED) is 0.876. The van der Waals surface area contributed by atoms with E-state index in [1.807, 2.05) is 18.2 Å². The standard InChI is InChI=1S/C13H15ClN2O/c1-2-4-9-10(5-3-6-11(9)14)12(17)13-15-7-8-16-13/h3,5-8,12,17H,2,4H2,1H3,(H,15,16). The van der Waals surface area contributed by atoms with E-state index < -0.39 is 6.10 Å². The van der Waals surface area contributed by atoms with Gasteiger partial charge in [0.2, 0.25) is 0 Å². The highest BCUT2D eigenvalue weighted by Gasteiger charge is 2.17. The number of nitrogens with one attached hydrogen (secondary N) is 1. The molecule has 17 heavy (non-hydrogen) atoms. The number of aliphatic hydroxyl groups excluding tert-OH is 1. The topological polar surface area (TPSA) is 48.9 Å². The molecule has 0 aliphatic heterocycles. The van der Waals surface area contributed by atoms with Crippen molar-refractivity contribution in [3.05, 3.63) is 52.6 Å². The summed E-state index contributed by atoms with van der Waals surface area (Å²) < 4.78 is 0. The molecule has 1 aromatic heterocycles. The Morgan fingerprint density at radius 2 is 2.29 bits per heavy atom. The average molecular weight is 251 g/mol. The van der Waals surface area contributed by atoms with Gasteiger partial charge in [0.15, 0.2) is 0 Å². The lowest BCUT2D eigenvalue weighted by Gasteiger charge is -2.14. The van der Waals surface area contributed by atoms with E-state index in [0.717, 1.165) is 24.0 Å². The molecule has 90 valence electrons. The summed E-state index contributed by atoms with van der Waals surface area (Å²) in [6.07, 6.45) is 4.42. The molecule has 3 nitrogen and oxygen atoms in total. The molecular formula is C13H15ClN2O. The van der Waals surface area contributed by atoms with Crippen molar-refractivity contribution in [2.45, 2.75) is 25.9 Å². The number of aromatic amines is 1. The van der Waals surface area contributed by atoms with Gasteiger partial charge in [-0.25, -0.2) is 4.98 Å². The number of hydrogen-bond acceptors (Lipinski definition) is 2. The zero-order valence-corrected chi connectivity index (χ0v) is 10.4. The molecule has 0 aliphatic carbocycles. The fourth-order valence-electron chi connectivity index (χ4n) is 1.92. The number of nitrogens with zero attached hydrogens (tertiary/aromatic N) is 1. The summed E-state index contributed by atoms with van der Waals surface area (Å²) in [7, 11) is 0. The lowest BCUT2D eigenvalue weighted by Crippen LogP contribution is -2.06. The summed E-state index contributed by atoms with van der Waals surface area (Å²) in [5.41, 5.74) is 1.83. The van der Waals surface area contributed by atoms with E-state index in [1.54, 1.807) is 12.4 Å². The first-order valence-corrected chi connectivity index (χ1v) is 6.06. The first kappa shape index (κ1) is 12.1. The van der Waals surface area contributed by atoms with E-state index in [4.69, 9.17) is 11.6 Å². The van der Waals surface area contributed by atoms with Crippen LogP contribution in [0.5, 0.6) is 0 Å². The minimum atomic E-state index is -0.745. The minimum absolute atomic E-state index is 0.546. The predicted molar refractivity (Wildman–Crippen MR) is 68.1 cm³/mol. The first-order valence-electron chi connectivity index (χ1n) is 5.68. The van der Waals surface area contributed by atoms with Gasteiger partial charge in [0.05, 0.1) is 0 Å². The minimum Gasteiger partial charge on any atom is -0.380 e. The molecule has 2 rings (SSSR count). The Bertz CT molecular complexity index is 482. The number of imidazole rings is 1. The summed E-state index contributed by atoms with van der Waals surface area (Å²) in [6, 6.07) is 5.60. The van der Waals surface area contributed by atoms with Crippen LogP contribution in [0.1, 0.15) is 36.4 Å². The second-order valence-corrected chi connectivity index (χ2v) is 4.34. The Morgan fingerprint density at radius 3 is 2.94 bits per heavy atom. The summed E-state index contributed by atoms with van der Waals surface area (Å²) >= 11 is 6.17. The summed E-state index contributed by atoms with van der Waals surface area (Å²) in [5.74, 6) is 0.546. The second-order valence-electron chi connectivity index (χ2n) is 3.93. The van der Waals surface area contributed by atoms with Crippen molar-refractivity contribution in [2.24, 2.45) is 0 Å². The molecule has 1 aromatic carbocycles. The number of halogens is 1. The summed E-state index contributed by atoms with van der Waals surface area (Å²) in [4.78, 5) is 6.99. The lowest BCUT2D eigenvalue weighted by molar-refractivity contribution is 0.210. The average Bonchev–Trinajstić information content (AvgIpc) is 2.85. The summed E-state index contributed by atoms with van der Waals surface area (Å²) in [5, 5.41) is 11.0. The number of benzene rings is 1. The molecule has 1 heterocycles. The van der Waals surface area contributed by atoms with Crippen LogP contribution in [-0.2, 0) is 6.42 Å². The van der Waals surface area contributed by atoms with E-state index in [0.29, 0.717) is 10.8 Å². The third-order valence-corrected chi connectivity index (χ3v) is 3.08. The molecule has 0 saturated carbocycles. The molecule has 0 fully saturated rings. The maximum atomic E-state index is 10.3. The highest BCUT2D eigenvalue weighted by Crippen LogP contribution is 2.28. The Balaban J connectivity index is 2.41. The van der Waals surface area contributed by atoms with Crippen LogP contribution in [0.3, 0.4) is 0 Å². The highest BCUT2D eigenvalue weighted by atomic mass is 35.5. The van der Waals surface area contributed by atoms with Crippen molar-refractivity contribution < 1.29 is 5.11 Å². The van der Waals surface area contributed by atoms with Gasteiger partial charge in [0.25, 0.3) is 0 Å². The van der Waals surface area contributed by atoms with E-state index in [1.165, 1.54) is 0 Å². The molecule has 0 bridgehead atoms. The van der Waals surface area contributed by atoms with Crippen molar-refractivity contribution in [1.82, 2.24) is 9.97 Å². The van der Waals surface area contributed by atoms with Gasteiger partial charge in [0, 0.05) is 17.4 Å². The van der Waals surface area contributed by atoms with E-state index in [2.05, 4.69) is 16.9 Å². The lowest BCUT2D eigenvalue weighted by atomic mass is 9.98. The number of rotatable bonds is 4. The Labute approximate surface area is 105 Å². The molecule has 1 unspecified atom stereocenters. The normalized spacial score (nSPS) is 12.6. The fourth-order valence-corrected chi connectivity index (χ4v) is 2.20. The van der Waals surface area contributed by atoms with Gasteiger partial charge in [-0.1, -0.05) is 37.1 Å². The van der Waals surface area contributed by atoms with Crippen LogP contribution in [0.4, 0.5) is 0 Å². The van der Waals surface area contributed by atoms with Crippen molar-refractivity contribution in [2.75, 3.05) is 0 Å². The number of aliphatic hydroxyl groups is 1. The molecule has 4 heteroatoms. The van der Waals surface area contributed by atoms with Crippen LogP contribution >= 0.6 is 11.6 Å². The molecule has 0 radical (unpaired) electrons. The fraction of sp³-hybridized carbons (Fsp3) is 0.308. The van der Waals surface area contributed by atoms with Crippen LogP contribution in [-0.4, -0.2) is 15.1 Å². The molecule has 0 saturated heterocycles. The van der Waals surface area contributed by atoms with Crippen molar-refractivity contribution in [3.8, 4) is 0 Å².